The summed E-state index contributed by atoms with van der Waals surface area (Å²) >= 11 is 0. The first kappa shape index (κ1) is 11.9. The van der Waals surface area contributed by atoms with E-state index in [1.54, 1.807) is 0 Å². The van der Waals surface area contributed by atoms with Crippen LogP contribution in [0.4, 0.5) is 0 Å². The van der Waals surface area contributed by atoms with Crippen LogP contribution in [0.1, 0.15) is 45.4 Å². The maximum atomic E-state index is 12.3. The highest BCUT2D eigenvalue weighted by Crippen LogP contribution is 2.38. The van der Waals surface area contributed by atoms with E-state index in [0.717, 1.165) is 25.8 Å². The van der Waals surface area contributed by atoms with Crippen LogP contribution in [-0.2, 0) is 4.79 Å². The van der Waals surface area contributed by atoms with Crippen LogP contribution in [0.25, 0.3) is 0 Å². The van der Waals surface area contributed by atoms with Crippen LogP contribution in [0, 0.1) is 11.8 Å². The van der Waals surface area contributed by atoms with E-state index in [4.69, 9.17) is 5.11 Å². The van der Waals surface area contributed by atoms with Crippen LogP contribution in [0.15, 0.2) is 0 Å². The van der Waals surface area contributed by atoms with E-state index in [9.17, 15) is 4.79 Å². The Bertz CT molecular complexity index is 246. The van der Waals surface area contributed by atoms with E-state index in [-0.39, 0.29) is 12.5 Å². The zero-order chi connectivity index (χ0) is 11.5. The molecule has 0 aromatic rings. The van der Waals surface area contributed by atoms with Crippen LogP contribution >= 0.6 is 0 Å². The SMILES string of the molecule is CC(C(=O)N(CCCO)C1CCC1)C1CC1. The van der Waals surface area contributed by atoms with Crippen molar-refractivity contribution in [3.63, 3.8) is 0 Å². The van der Waals surface area contributed by atoms with Gasteiger partial charge in [-0.3, -0.25) is 4.79 Å². The van der Waals surface area contributed by atoms with Crippen LogP contribution in [-0.4, -0.2) is 35.1 Å². The molecule has 0 radical (unpaired) electrons. The number of hydrogen-bond acceptors (Lipinski definition) is 2. The van der Waals surface area contributed by atoms with Gasteiger partial charge >= 0.3 is 0 Å². The molecular weight excluding hydrogens is 202 g/mol. The largest absolute Gasteiger partial charge is 0.396 e. The Kier molecular flexibility index (Phi) is 3.85. The van der Waals surface area contributed by atoms with E-state index in [2.05, 4.69) is 6.92 Å². The molecule has 1 unspecified atom stereocenters. The molecule has 0 spiro atoms. The van der Waals surface area contributed by atoms with Crippen molar-refractivity contribution in [3.05, 3.63) is 0 Å². The summed E-state index contributed by atoms with van der Waals surface area (Å²) in [7, 11) is 0. The lowest BCUT2D eigenvalue weighted by atomic mass is 9.90. The Labute approximate surface area is 97.8 Å². The van der Waals surface area contributed by atoms with Gasteiger partial charge in [0, 0.05) is 25.1 Å². The molecule has 2 saturated carbocycles. The fourth-order valence-electron chi connectivity index (χ4n) is 2.47. The maximum Gasteiger partial charge on any atom is 0.225 e. The quantitative estimate of drug-likeness (QED) is 0.748. The standard InChI is InChI=1S/C13H23NO2/c1-10(11-6-7-11)13(16)14(8-3-9-15)12-4-2-5-12/h10-12,15H,2-9H2,1H3. The molecule has 92 valence electrons. The molecule has 2 rings (SSSR count). The highest BCUT2D eigenvalue weighted by atomic mass is 16.3. The maximum absolute atomic E-state index is 12.3. The van der Waals surface area contributed by atoms with E-state index in [0.29, 0.717) is 17.9 Å². The molecule has 0 aromatic carbocycles. The zero-order valence-corrected chi connectivity index (χ0v) is 10.2. The number of rotatable bonds is 6. The number of nitrogens with zero attached hydrogens (tertiary/aromatic N) is 1. The van der Waals surface area contributed by atoms with Crippen molar-refractivity contribution >= 4 is 5.91 Å². The van der Waals surface area contributed by atoms with Crippen LogP contribution in [0.3, 0.4) is 0 Å². The number of carbonyl (C=O) groups is 1. The van der Waals surface area contributed by atoms with Crippen molar-refractivity contribution in [3.8, 4) is 0 Å². The number of carbonyl (C=O) groups excluding carboxylic acids is 1. The third kappa shape index (κ3) is 2.57. The van der Waals surface area contributed by atoms with E-state index < -0.39 is 0 Å². The van der Waals surface area contributed by atoms with Crippen LogP contribution in [0.2, 0.25) is 0 Å². The fourth-order valence-corrected chi connectivity index (χ4v) is 2.47. The Morgan fingerprint density at radius 1 is 1.38 bits per heavy atom. The fraction of sp³-hybridized carbons (Fsp3) is 0.923. The minimum absolute atomic E-state index is 0.189. The highest BCUT2D eigenvalue weighted by molar-refractivity contribution is 5.79. The number of hydrogen-bond donors (Lipinski definition) is 1. The topological polar surface area (TPSA) is 40.5 Å². The van der Waals surface area contributed by atoms with Crippen molar-refractivity contribution in [1.29, 1.82) is 0 Å². The monoisotopic (exact) mass is 225 g/mol. The van der Waals surface area contributed by atoms with Crippen molar-refractivity contribution in [2.75, 3.05) is 13.2 Å². The molecular formula is C13H23NO2. The van der Waals surface area contributed by atoms with Gasteiger partial charge in [-0.25, -0.2) is 0 Å². The molecule has 1 atom stereocenters. The molecule has 16 heavy (non-hydrogen) atoms. The Hall–Kier alpha value is -0.570. The smallest absolute Gasteiger partial charge is 0.225 e. The lowest BCUT2D eigenvalue weighted by Crippen LogP contribution is -2.47. The predicted octanol–water partition coefficient (Wildman–Crippen LogP) is 1.80. The predicted molar refractivity (Wildman–Crippen MR) is 62.9 cm³/mol. The van der Waals surface area contributed by atoms with Gasteiger partial charge < -0.3 is 10.0 Å². The first-order valence-electron chi connectivity index (χ1n) is 6.65. The number of aliphatic hydroxyl groups excluding tert-OH is 1. The summed E-state index contributed by atoms with van der Waals surface area (Å²) in [6.07, 6.45) is 6.75. The van der Waals surface area contributed by atoms with Gasteiger partial charge in [0.2, 0.25) is 5.91 Å². The molecule has 2 aliphatic carbocycles. The van der Waals surface area contributed by atoms with E-state index >= 15 is 0 Å². The van der Waals surface area contributed by atoms with Crippen molar-refractivity contribution < 1.29 is 9.90 Å². The first-order chi connectivity index (χ1) is 7.74. The first-order valence-corrected chi connectivity index (χ1v) is 6.65. The van der Waals surface area contributed by atoms with Gasteiger partial charge in [-0.2, -0.15) is 0 Å². The molecule has 0 saturated heterocycles. The molecule has 2 aliphatic rings. The molecule has 0 bridgehead atoms. The summed E-state index contributed by atoms with van der Waals surface area (Å²) in [4.78, 5) is 14.4. The molecule has 3 nitrogen and oxygen atoms in total. The third-order valence-electron chi connectivity index (χ3n) is 4.07. The Morgan fingerprint density at radius 2 is 2.06 bits per heavy atom. The van der Waals surface area contributed by atoms with Gasteiger partial charge in [0.15, 0.2) is 0 Å². The average Bonchev–Trinajstić information content (AvgIpc) is 3.02. The van der Waals surface area contributed by atoms with Crippen molar-refractivity contribution in [2.24, 2.45) is 11.8 Å². The highest BCUT2D eigenvalue weighted by Gasteiger charge is 2.37. The number of aliphatic hydroxyl groups is 1. The number of amides is 1. The summed E-state index contributed by atoms with van der Waals surface area (Å²) < 4.78 is 0. The molecule has 0 aliphatic heterocycles. The van der Waals surface area contributed by atoms with E-state index in [1.165, 1.54) is 19.3 Å². The second-order valence-corrected chi connectivity index (χ2v) is 5.32. The van der Waals surface area contributed by atoms with Gasteiger partial charge in [0.05, 0.1) is 0 Å². The lowest BCUT2D eigenvalue weighted by molar-refractivity contribution is -0.140. The van der Waals surface area contributed by atoms with Crippen molar-refractivity contribution in [2.45, 2.75) is 51.5 Å². The second kappa shape index (κ2) is 5.17. The molecule has 1 amide bonds. The van der Waals surface area contributed by atoms with E-state index in [1.807, 2.05) is 4.90 Å². The summed E-state index contributed by atoms with van der Waals surface area (Å²) in [5, 5.41) is 8.89. The van der Waals surface area contributed by atoms with Crippen LogP contribution < -0.4 is 0 Å². The van der Waals surface area contributed by atoms with Gasteiger partial charge in [0.1, 0.15) is 0 Å². The molecule has 0 aromatic heterocycles. The summed E-state index contributed by atoms with van der Waals surface area (Å²) in [6, 6.07) is 0.472. The summed E-state index contributed by atoms with van der Waals surface area (Å²) in [5.41, 5.74) is 0. The second-order valence-electron chi connectivity index (χ2n) is 5.32. The van der Waals surface area contributed by atoms with Gasteiger partial charge in [0.25, 0.3) is 0 Å². The minimum Gasteiger partial charge on any atom is -0.396 e. The lowest BCUT2D eigenvalue weighted by Gasteiger charge is -2.39. The van der Waals surface area contributed by atoms with Crippen molar-refractivity contribution in [1.82, 2.24) is 4.90 Å². The van der Waals surface area contributed by atoms with Gasteiger partial charge in [-0.1, -0.05) is 6.92 Å². The zero-order valence-electron chi connectivity index (χ0n) is 10.2. The summed E-state index contributed by atoms with van der Waals surface area (Å²) in [5.74, 6) is 1.18. The van der Waals surface area contributed by atoms with Gasteiger partial charge in [-0.05, 0) is 44.4 Å². The third-order valence-corrected chi connectivity index (χ3v) is 4.07. The average molecular weight is 225 g/mol. The Balaban J connectivity index is 1.90. The molecule has 2 fully saturated rings. The molecule has 1 N–H and O–H groups in total. The Morgan fingerprint density at radius 3 is 2.50 bits per heavy atom. The normalized spacial score (nSPS) is 22.6. The van der Waals surface area contributed by atoms with Crippen LogP contribution in [0.5, 0.6) is 0 Å². The summed E-state index contributed by atoms with van der Waals surface area (Å²) in [6.45, 7) is 3.01. The molecule has 0 heterocycles. The van der Waals surface area contributed by atoms with Gasteiger partial charge in [-0.15, -0.1) is 0 Å². The molecule has 3 heteroatoms. The minimum atomic E-state index is 0.189.